The van der Waals surface area contributed by atoms with Crippen LogP contribution in [0.1, 0.15) is 37.1 Å². The van der Waals surface area contributed by atoms with Gasteiger partial charge in [-0.05, 0) is 67.3 Å². The maximum Gasteiger partial charge on any atom is 0.300 e. The molecular weight excluding hydrogens is 444 g/mol. The topological polar surface area (TPSA) is 83.2 Å². The highest BCUT2D eigenvalue weighted by atomic mass is 16.5. The monoisotopic (exact) mass is 472 g/mol. The van der Waals surface area contributed by atoms with Gasteiger partial charge in [0, 0.05) is 30.0 Å². The molecule has 1 amide bonds. The van der Waals surface area contributed by atoms with Crippen molar-refractivity contribution in [2.45, 2.75) is 25.8 Å². The van der Waals surface area contributed by atoms with E-state index in [1.165, 1.54) is 18.3 Å². The standard InChI is InChI=1S/C28H28N2O5/c1-18-12-14-29(15-13-18)20-8-10-21(11-9-20)30-25(23-7-4-16-35-23)24(27(32)28(30)33)26(31)19-5-3-6-22(17-19)34-2/h3-11,16-18,25,31H,12-15H2,1-2H3/b26-24-. The summed E-state index contributed by atoms with van der Waals surface area (Å²) in [5.41, 5.74) is 2.01. The molecule has 5 rings (SSSR count). The van der Waals surface area contributed by atoms with Crippen LogP contribution in [0, 0.1) is 5.92 Å². The number of carbonyl (C=O) groups is 2. The Morgan fingerprint density at radius 3 is 2.37 bits per heavy atom. The summed E-state index contributed by atoms with van der Waals surface area (Å²) in [5.74, 6) is -0.0973. The molecule has 2 aliphatic rings. The number of benzene rings is 2. The van der Waals surface area contributed by atoms with Crippen molar-refractivity contribution in [3.8, 4) is 5.75 Å². The SMILES string of the molecule is COc1cccc(/C(O)=C2/C(=O)C(=O)N(c3ccc(N4CCC(C)CC4)cc3)C2c2ccco2)c1. The van der Waals surface area contributed by atoms with Crippen molar-refractivity contribution >= 4 is 28.8 Å². The number of ketones is 1. The average Bonchev–Trinajstić information content (AvgIpc) is 3.51. The summed E-state index contributed by atoms with van der Waals surface area (Å²) >= 11 is 0. The van der Waals surface area contributed by atoms with Crippen molar-refractivity contribution in [3.05, 3.63) is 83.8 Å². The molecule has 7 nitrogen and oxygen atoms in total. The van der Waals surface area contributed by atoms with E-state index in [-0.39, 0.29) is 11.3 Å². The maximum atomic E-state index is 13.3. The molecule has 3 heterocycles. The molecule has 2 aromatic carbocycles. The van der Waals surface area contributed by atoms with Crippen molar-refractivity contribution in [2.24, 2.45) is 5.92 Å². The van der Waals surface area contributed by atoms with Crippen LogP contribution in [-0.4, -0.2) is 37.0 Å². The van der Waals surface area contributed by atoms with E-state index in [9.17, 15) is 14.7 Å². The van der Waals surface area contributed by atoms with Gasteiger partial charge in [0.15, 0.2) is 0 Å². The van der Waals surface area contributed by atoms with Gasteiger partial charge in [0.2, 0.25) is 0 Å². The van der Waals surface area contributed by atoms with Crippen LogP contribution >= 0.6 is 0 Å². The minimum Gasteiger partial charge on any atom is -0.507 e. The Bertz CT molecular complexity index is 1250. The predicted molar refractivity (Wildman–Crippen MR) is 134 cm³/mol. The molecule has 0 saturated carbocycles. The van der Waals surface area contributed by atoms with Gasteiger partial charge in [-0.1, -0.05) is 19.1 Å². The molecule has 0 aliphatic carbocycles. The van der Waals surface area contributed by atoms with Crippen molar-refractivity contribution in [1.82, 2.24) is 0 Å². The molecule has 1 unspecified atom stereocenters. The second-order valence-electron chi connectivity index (χ2n) is 9.10. The molecule has 180 valence electrons. The Kier molecular flexibility index (Phi) is 6.07. The number of amides is 1. The first-order valence-corrected chi connectivity index (χ1v) is 11.8. The Balaban J connectivity index is 1.55. The lowest BCUT2D eigenvalue weighted by Gasteiger charge is -2.32. The maximum absolute atomic E-state index is 13.3. The number of aliphatic hydroxyl groups is 1. The molecular formula is C28H28N2O5. The predicted octanol–water partition coefficient (Wildman–Crippen LogP) is 5.15. The number of furan rings is 1. The smallest absolute Gasteiger partial charge is 0.300 e. The molecule has 3 aromatic rings. The molecule has 1 atom stereocenters. The number of aliphatic hydroxyl groups excluding tert-OH is 1. The van der Waals surface area contributed by atoms with Crippen LogP contribution in [0.3, 0.4) is 0 Å². The Hall–Kier alpha value is -4.00. The minimum atomic E-state index is -0.891. The lowest BCUT2D eigenvalue weighted by atomic mass is 9.98. The fourth-order valence-electron chi connectivity index (χ4n) is 4.83. The van der Waals surface area contributed by atoms with Crippen LogP contribution < -0.4 is 14.5 Å². The molecule has 0 spiro atoms. The number of nitrogens with zero attached hydrogens (tertiary/aromatic N) is 2. The molecule has 0 radical (unpaired) electrons. The first kappa shape index (κ1) is 22.8. The first-order valence-electron chi connectivity index (χ1n) is 11.8. The van der Waals surface area contributed by atoms with E-state index >= 15 is 0 Å². The van der Waals surface area contributed by atoms with Crippen LogP contribution in [0.25, 0.3) is 5.76 Å². The number of ether oxygens (including phenoxy) is 1. The van der Waals surface area contributed by atoms with Crippen molar-refractivity contribution in [1.29, 1.82) is 0 Å². The average molecular weight is 473 g/mol. The molecule has 2 fully saturated rings. The van der Waals surface area contributed by atoms with E-state index < -0.39 is 17.7 Å². The number of anilines is 2. The summed E-state index contributed by atoms with van der Waals surface area (Å²) in [5, 5.41) is 11.2. The van der Waals surface area contributed by atoms with Crippen LogP contribution in [-0.2, 0) is 9.59 Å². The fourth-order valence-corrected chi connectivity index (χ4v) is 4.83. The number of Topliss-reactive ketones (excluding diaryl/α,β-unsaturated/α-hetero) is 1. The molecule has 35 heavy (non-hydrogen) atoms. The van der Waals surface area contributed by atoms with Crippen LogP contribution in [0.2, 0.25) is 0 Å². The van der Waals surface area contributed by atoms with Gasteiger partial charge in [-0.2, -0.15) is 0 Å². The zero-order valence-corrected chi connectivity index (χ0v) is 19.8. The first-order chi connectivity index (χ1) is 17.0. The van der Waals surface area contributed by atoms with Crippen molar-refractivity contribution in [2.75, 3.05) is 30.0 Å². The number of rotatable bonds is 5. The summed E-state index contributed by atoms with van der Waals surface area (Å²) in [6.45, 7) is 4.27. The summed E-state index contributed by atoms with van der Waals surface area (Å²) in [7, 11) is 1.52. The Morgan fingerprint density at radius 2 is 1.71 bits per heavy atom. The largest absolute Gasteiger partial charge is 0.507 e. The van der Waals surface area contributed by atoms with Crippen LogP contribution in [0.4, 0.5) is 11.4 Å². The second-order valence-corrected chi connectivity index (χ2v) is 9.10. The van der Waals surface area contributed by atoms with Crippen molar-refractivity contribution in [3.63, 3.8) is 0 Å². The summed E-state index contributed by atoms with van der Waals surface area (Å²) in [6, 6.07) is 16.9. The number of methoxy groups -OCH3 is 1. The van der Waals surface area contributed by atoms with E-state index in [1.54, 1.807) is 36.4 Å². The minimum absolute atomic E-state index is 0.0210. The molecule has 1 N–H and O–H groups in total. The zero-order chi connectivity index (χ0) is 24.5. The lowest BCUT2D eigenvalue weighted by Crippen LogP contribution is -2.33. The molecule has 0 bridgehead atoms. The van der Waals surface area contributed by atoms with Crippen LogP contribution in [0.15, 0.2) is 76.9 Å². The third kappa shape index (κ3) is 4.18. The lowest BCUT2D eigenvalue weighted by molar-refractivity contribution is -0.132. The van der Waals surface area contributed by atoms with Gasteiger partial charge >= 0.3 is 0 Å². The number of carbonyl (C=O) groups excluding carboxylic acids is 2. The second kappa shape index (κ2) is 9.33. The van der Waals surface area contributed by atoms with Crippen molar-refractivity contribution < 1.29 is 23.8 Å². The highest BCUT2D eigenvalue weighted by molar-refractivity contribution is 6.51. The van der Waals surface area contributed by atoms with E-state index in [1.807, 2.05) is 24.3 Å². The third-order valence-electron chi connectivity index (χ3n) is 6.88. The quantitative estimate of drug-likeness (QED) is 0.314. The van der Waals surface area contributed by atoms with Gasteiger partial charge in [-0.3, -0.25) is 14.5 Å². The van der Waals surface area contributed by atoms with Gasteiger partial charge in [-0.25, -0.2) is 0 Å². The number of hydrogen-bond donors (Lipinski definition) is 1. The van der Waals surface area contributed by atoms with Gasteiger partial charge in [0.05, 0.1) is 18.9 Å². The fraction of sp³-hybridized carbons (Fsp3) is 0.286. The van der Waals surface area contributed by atoms with Gasteiger partial charge in [0.25, 0.3) is 11.7 Å². The third-order valence-corrected chi connectivity index (χ3v) is 6.88. The zero-order valence-electron chi connectivity index (χ0n) is 19.8. The highest BCUT2D eigenvalue weighted by Crippen LogP contribution is 2.43. The van der Waals surface area contributed by atoms with Crippen LogP contribution in [0.5, 0.6) is 5.75 Å². The molecule has 2 saturated heterocycles. The van der Waals surface area contributed by atoms with Gasteiger partial charge in [0.1, 0.15) is 23.3 Å². The van der Waals surface area contributed by atoms with E-state index in [0.29, 0.717) is 22.8 Å². The number of hydrogen-bond acceptors (Lipinski definition) is 6. The van der Waals surface area contributed by atoms with Gasteiger partial charge < -0.3 is 19.2 Å². The highest BCUT2D eigenvalue weighted by Gasteiger charge is 2.48. The summed E-state index contributed by atoms with van der Waals surface area (Å²) in [4.78, 5) is 30.2. The van der Waals surface area contributed by atoms with Gasteiger partial charge in [-0.15, -0.1) is 0 Å². The summed E-state index contributed by atoms with van der Waals surface area (Å²) < 4.78 is 10.9. The Morgan fingerprint density at radius 1 is 1.00 bits per heavy atom. The van der Waals surface area contributed by atoms with E-state index in [2.05, 4.69) is 11.8 Å². The van der Waals surface area contributed by atoms with E-state index in [0.717, 1.165) is 37.5 Å². The molecule has 1 aromatic heterocycles. The molecule has 2 aliphatic heterocycles. The Labute approximate surface area is 204 Å². The summed E-state index contributed by atoms with van der Waals surface area (Å²) in [6.07, 6.45) is 3.79. The van der Waals surface area contributed by atoms with E-state index in [4.69, 9.17) is 9.15 Å². The normalized spacial score (nSPS) is 20.5. The number of piperidine rings is 1. The molecule has 7 heteroatoms.